The van der Waals surface area contributed by atoms with Crippen molar-refractivity contribution in [2.45, 2.75) is 20.1 Å². The van der Waals surface area contributed by atoms with Crippen molar-refractivity contribution in [3.63, 3.8) is 0 Å². The SMILES string of the molecule is CCOC(C)OC/C=C/I. The van der Waals surface area contributed by atoms with Crippen LogP contribution in [0.2, 0.25) is 0 Å². The summed E-state index contributed by atoms with van der Waals surface area (Å²) in [4.78, 5) is 0. The van der Waals surface area contributed by atoms with Crippen LogP contribution < -0.4 is 0 Å². The summed E-state index contributed by atoms with van der Waals surface area (Å²) in [5.41, 5.74) is 0. The zero-order chi connectivity index (χ0) is 7.82. The zero-order valence-corrected chi connectivity index (χ0v) is 8.50. The number of ether oxygens (including phenoxy) is 2. The van der Waals surface area contributed by atoms with Crippen molar-refractivity contribution in [1.29, 1.82) is 0 Å². The molecule has 0 aromatic heterocycles. The Labute approximate surface area is 75.7 Å². The second kappa shape index (κ2) is 7.50. The van der Waals surface area contributed by atoms with Crippen LogP contribution in [0.4, 0.5) is 0 Å². The third kappa shape index (κ3) is 6.51. The maximum atomic E-state index is 5.21. The molecule has 0 amide bonds. The molecule has 0 rings (SSSR count). The second-order valence-corrected chi connectivity index (χ2v) is 2.44. The molecule has 0 saturated heterocycles. The van der Waals surface area contributed by atoms with Gasteiger partial charge in [0.25, 0.3) is 0 Å². The lowest BCUT2D eigenvalue weighted by Crippen LogP contribution is -2.12. The topological polar surface area (TPSA) is 18.5 Å². The summed E-state index contributed by atoms with van der Waals surface area (Å²) in [5, 5.41) is 0. The molecule has 3 heteroatoms. The molecule has 10 heavy (non-hydrogen) atoms. The predicted octanol–water partition coefficient (Wildman–Crippen LogP) is 2.33. The van der Waals surface area contributed by atoms with Gasteiger partial charge in [-0.1, -0.05) is 28.7 Å². The summed E-state index contributed by atoms with van der Waals surface area (Å²) >= 11 is 2.15. The lowest BCUT2D eigenvalue weighted by atomic mass is 10.6. The highest BCUT2D eigenvalue weighted by atomic mass is 127. The number of hydrogen-bond acceptors (Lipinski definition) is 2. The van der Waals surface area contributed by atoms with Crippen molar-refractivity contribution in [2.75, 3.05) is 13.2 Å². The second-order valence-electron chi connectivity index (χ2n) is 1.72. The van der Waals surface area contributed by atoms with Gasteiger partial charge < -0.3 is 9.47 Å². The molecule has 0 radical (unpaired) electrons. The Morgan fingerprint density at radius 2 is 2.20 bits per heavy atom. The Bertz CT molecular complexity index is 93.6. The van der Waals surface area contributed by atoms with Crippen LogP contribution in [0, 0.1) is 0 Å². The fourth-order valence-corrected chi connectivity index (χ4v) is 0.718. The van der Waals surface area contributed by atoms with E-state index in [1.165, 1.54) is 0 Å². The summed E-state index contributed by atoms with van der Waals surface area (Å²) in [7, 11) is 0. The van der Waals surface area contributed by atoms with Gasteiger partial charge in [-0.05, 0) is 17.9 Å². The Hall–Kier alpha value is 0.390. The Kier molecular flexibility index (Phi) is 7.79. The van der Waals surface area contributed by atoms with Crippen LogP contribution in [-0.4, -0.2) is 19.5 Å². The minimum absolute atomic E-state index is 0.0856. The molecule has 0 aliphatic heterocycles. The van der Waals surface area contributed by atoms with Gasteiger partial charge in [0.05, 0.1) is 6.61 Å². The molecule has 0 saturated carbocycles. The molecule has 0 aliphatic rings. The minimum Gasteiger partial charge on any atom is -0.353 e. The molecule has 0 aromatic rings. The first kappa shape index (κ1) is 10.4. The van der Waals surface area contributed by atoms with Crippen LogP contribution in [0.25, 0.3) is 0 Å². The van der Waals surface area contributed by atoms with E-state index in [9.17, 15) is 0 Å². The zero-order valence-electron chi connectivity index (χ0n) is 6.34. The van der Waals surface area contributed by atoms with E-state index in [-0.39, 0.29) is 6.29 Å². The van der Waals surface area contributed by atoms with Gasteiger partial charge in [-0.2, -0.15) is 0 Å². The third-order valence-corrected chi connectivity index (χ3v) is 1.43. The van der Waals surface area contributed by atoms with E-state index < -0.39 is 0 Å². The fraction of sp³-hybridized carbons (Fsp3) is 0.714. The number of rotatable bonds is 5. The first-order valence-corrected chi connectivity index (χ1v) is 4.54. The number of hydrogen-bond donors (Lipinski definition) is 0. The van der Waals surface area contributed by atoms with E-state index in [1.54, 1.807) is 0 Å². The van der Waals surface area contributed by atoms with E-state index in [2.05, 4.69) is 22.6 Å². The lowest BCUT2D eigenvalue weighted by Gasteiger charge is -2.10. The summed E-state index contributed by atoms with van der Waals surface area (Å²) in [6.07, 6.45) is 1.85. The number of halogens is 1. The van der Waals surface area contributed by atoms with Crippen LogP contribution >= 0.6 is 22.6 Å². The van der Waals surface area contributed by atoms with Gasteiger partial charge in [0, 0.05) is 6.61 Å². The summed E-state index contributed by atoms with van der Waals surface area (Å²) in [6, 6.07) is 0. The first-order chi connectivity index (χ1) is 4.81. The third-order valence-electron chi connectivity index (χ3n) is 0.918. The van der Waals surface area contributed by atoms with E-state index in [4.69, 9.17) is 9.47 Å². The lowest BCUT2D eigenvalue weighted by molar-refractivity contribution is -0.118. The average Bonchev–Trinajstić information content (AvgIpc) is 1.89. The van der Waals surface area contributed by atoms with Crippen molar-refractivity contribution < 1.29 is 9.47 Å². The van der Waals surface area contributed by atoms with Crippen LogP contribution in [0.3, 0.4) is 0 Å². The van der Waals surface area contributed by atoms with Crippen LogP contribution in [0.1, 0.15) is 13.8 Å². The standard InChI is InChI=1S/C7H13IO2/c1-3-9-7(2)10-6-4-5-8/h4-5,7H,3,6H2,1-2H3/b5-4+. The molecule has 0 bridgehead atoms. The molecule has 1 unspecified atom stereocenters. The smallest absolute Gasteiger partial charge is 0.155 e. The molecular weight excluding hydrogens is 243 g/mol. The Morgan fingerprint density at radius 1 is 1.50 bits per heavy atom. The van der Waals surface area contributed by atoms with Gasteiger partial charge in [-0.25, -0.2) is 0 Å². The monoisotopic (exact) mass is 256 g/mol. The summed E-state index contributed by atoms with van der Waals surface area (Å²) < 4.78 is 12.3. The molecule has 0 N–H and O–H groups in total. The average molecular weight is 256 g/mol. The van der Waals surface area contributed by atoms with Gasteiger partial charge in [0.2, 0.25) is 0 Å². The quantitative estimate of drug-likeness (QED) is 0.555. The highest BCUT2D eigenvalue weighted by Gasteiger charge is 1.96. The van der Waals surface area contributed by atoms with Crippen molar-refractivity contribution in [3.05, 3.63) is 10.2 Å². The summed E-state index contributed by atoms with van der Waals surface area (Å²) in [6.45, 7) is 5.18. The van der Waals surface area contributed by atoms with E-state index in [1.807, 2.05) is 24.0 Å². The Morgan fingerprint density at radius 3 is 2.70 bits per heavy atom. The van der Waals surface area contributed by atoms with Crippen LogP contribution in [0.5, 0.6) is 0 Å². The van der Waals surface area contributed by atoms with Crippen molar-refractivity contribution in [2.24, 2.45) is 0 Å². The van der Waals surface area contributed by atoms with E-state index >= 15 is 0 Å². The summed E-state index contributed by atoms with van der Waals surface area (Å²) in [5.74, 6) is 0. The largest absolute Gasteiger partial charge is 0.353 e. The van der Waals surface area contributed by atoms with Gasteiger partial charge in [-0.15, -0.1) is 0 Å². The maximum Gasteiger partial charge on any atom is 0.155 e. The normalized spacial score (nSPS) is 14.3. The van der Waals surface area contributed by atoms with Crippen molar-refractivity contribution >= 4 is 22.6 Å². The molecule has 0 fully saturated rings. The fourth-order valence-electron chi connectivity index (χ4n) is 0.510. The molecular formula is C7H13IO2. The molecule has 0 heterocycles. The van der Waals surface area contributed by atoms with Crippen LogP contribution in [-0.2, 0) is 9.47 Å². The van der Waals surface area contributed by atoms with Gasteiger partial charge in [0.1, 0.15) is 0 Å². The van der Waals surface area contributed by atoms with E-state index in [0.29, 0.717) is 13.2 Å². The molecule has 0 aromatic carbocycles. The predicted molar refractivity (Wildman–Crippen MR) is 50.2 cm³/mol. The molecule has 60 valence electrons. The van der Waals surface area contributed by atoms with Crippen LogP contribution in [0.15, 0.2) is 10.2 Å². The van der Waals surface area contributed by atoms with E-state index in [0.717, 1.165) is 0 Å². The highest BCUT2D eigenvalue weighted by molar-refractivity contribution is 14.1. The van der Waals surface area contributed by atoms with Gasteiger partial charge in [0.15, 0.2) is 6.29 Å². The highest BCUT2D eigenvalue weighted by Crippen LogP contribution is 1.93. The van der Waals surface area contributed by atoms with Crippen molar-refractivity contribution in [3.8, 4) is 0 Å². The molecule has 0 aliphatic carbocycles. The van der Waals surface area contributed by atoms with Crippen molar-refractivity contribution in [1.82, 2.24) is 0 Å². The minimum atomic E-state index is -0.0856. The Balaban J connectivity index is 3.12. The molecule has 1 atom stereocenters. The molecule has 2 nitrogen and oxygen atoms in total. The molecule has 0 spiro atoms. The van der Waals surface area contributed by atoms with Gasteiger partial charge in [-0.3, -0.25) is 0 Å². The first-order valence-electron chi connectivity index (χ1n) is 3.29. The van der Waals surface area contributed by atoms with Gasteiger partial charge >= 0.3 is 0 Å². The maximum absolute atomic E-state index is 5.21.